The maximum Gasteiger partial charge on any atom is 0.355 e. The van der Waals surface area contributed by atoms with Crippen molar-refractivity contribution >= 4 is 17.8 Å². The number of aromatic amines is 1. The van der Waals surface area contributed by atoms with Crippen molar-refractivity contribution in [3.8, 4) is 0 Å². The summed E-state index contributed by atoms with van der Waals surface area (Å²) in [6.07, 6.45) is 2.70. The van der Waals surface area contributed by atoms with Gasteiger partial charge in [-0.1, -0.05) is 18.2 Å². The van der Waals surface area contributed by atoms with Crippen molar-refractivity contribution in [3.63, 3.8) is 0 Å². The Bertz CT molecular complexity index is 848. The number of carbonyl (C=O) groups is 2. The van der Waals surface area contributed by atoms with Gasteiger partial charge >= 0.3 is 5.97 Å². The first kappa shape index (κ1) is 16.2. The predicted molar refractivity (Wildman–Crippen MR) is 88.5 cm³/mol. The molecule has 0 unspecified atom stereocenters. The van der Waals surface area contributed by atoms with Crippen molar-refractivity contribution in [2.45, 2.75) is 26.7 Å². The molecule has 0 bridgehead atoms. The van der Waals surface area contributed by atoms with Crippen LogP contribution in [0, 0.1) is 12.7 Å². The van der Waals surface area contributed by atoms with Crippen LogP contribution in [0.25, 0.3) is 6.08 Å². The number of aromatic nitrogens is 1. The number of allylic oxidation sites excluding steroid dienone is 1. The fourth-order valence-corrected chi connectivity index (χ4v) is 3.01. The molecule has 2 aromatic rings. The van der Waals surface area contributed by atoms with Crippen LogP contribution in [0.5, 0.6) is 0 Å². The van der Waals surface area contributed by atoms with Crippen LogP contribution >= 0.6 is 0 Å². The van der Waals surface area contributed by atoms with Gasteiger partial charge < -0.3 is 9.72 Å². The fourth-order valence-electron chi connectivity index (χ4n) is 3.01. The summed E-state index contributed by atoms with van der Waals surface area (Å²) in [4.78, 5) is 27.8. The summed E-state index contributed by atoms with van der Waals surface area (Å²) in [6.45, 7) is 3.73. The molecule has 0 aliphatic heterocycles. The quantitative estimate of drug-likeness (QED) is 0.688. The number of halogens is 1. The number of esters is 1. The maximum atomic E-state index is 13.8. The number of carbonyl (C=O) groups excluding carboxylic acids is 2. The lowest BCUT2D eigenvalue weighted by molar-refractivity contribution is 0.0519. The number of aryl methyl sites for hydroxylation is 1. The van der Waals surface area contributed by atoms with Crippen LogP contribution in [0.3, 0.4) is 0 Å². The zero-order valence-corrected chi connectivity index (χ0v) is 13.6. The highest BCUT2D eigenvalue weighted by Crippen LogP contribution is 2.31. The van der Waals surface area contributed by atoms with Gasteiger partial charge in [-0.2, -0.15) is 0 Å². The van der Waals surface area contributed by atoms with E-state index in [1.807, 2.05) is 0 Å². The summed E-state index contributed by atoms with van der Waals surface area (Å²) >= 11 is 0. The third-order valence-corrected chi connectivity index (χ3v) is 4.21. The Kier molecular flexibility index (Phi) is 4.34. The van der Waals surface area contributed by atoms with Crippen LogP contribution in [-0.2, 0) is 11.2 Å². The number of ether oxygens (including phenoxy) is 1. The molecule has 0 fully saturated rings. The van der Waals surface area contributed by atoms with Crippen molar-refractivity contribution < 1.29 is 18.7 Å². The number of H-pyrrole nitrogens is 1. The molecule has 0 spiro atoms. The van der Waals surface area contributed by atoms with Gasteiger partial charge in [0.05, 0.1) is 6.61 Å². The van der Waals surface area contributed by atoms with Crippen LogP contribution in [0.15, 0.2) is 29.8 Å². The molecular weight excluding hydrogens is 309 g/mol. The molecule has 1 aliphatic carbocycles. The molecule has 1 aliphatic rings. The molecule has 1 heterocycles. The highest BCUT2D eigenvalue weighted by Gasteiger charge is 2.29. The minimum absolute atomic E-state index is 0.163. The molecule has 1 aromatic carbocycles. The predicted octanol–water partition coefficient (Wildman–Crippen LogP) is 3.85. The second-order valence-electron chi connectivity index (χ2n) is 5.72. The first-order chi connectivity index (χ1) is 11.5. The molecule has 3 rings (SSSR count). The van der Waals surface area contributed by atoms with E-state index in [1.54, 1.807) is 38.1 Å². The number of fused-ring (bicyclic) bond motifs is 1. The molecule has 1 N–H and O–H groups in total. The normalized spacial score (nSPS) is 15.5. The summed E-state index contributed by atoms with van der Waals surface area (Å²) in [5.41, 5.74) is 3.10. The van der Waals surface area contributed by atoms with E-state index in [0.29, 0.717) is 40.8 Å². The molecule has 1 aromatic heterocycles. The second kappa shape index (κ2) is 6.43. The molecule has 0 amide bonds. The SMILES string of the molecule is CCOC(=O)c1[nH]c2c(c1C)C(=O)/C(=C\c1ccccc1F)CC2. The molecule has 24 heavy (non-hydrogen) atoms. The van der Waals surface area contributed by atoms with Gasteiger partial charge in [0.25, 0.3) is 0 Å². The lowest BCUT2D eigenvalue weighted by Crippen LogP contribution is -2.14. The highest BCUT2D eigenvalue weighted by molar-refractivity contribution is 6.15. The number of hydrogen-bond acceptors (Lipinski definition) is 3. The van der Waals surface area contributed by atoms with Gasteiger partial charge in [0.1, 0.15) is 11.5 Å². The minimum atomic E-state index is -0.461. The van der Waals surface area contributed by atoms with Crippen molar-refractivity contribution in [1.29, 1.82) is 0 Å². The molecule has 0 saturated heterocycles. The third-order valence-electron chi connectivity index (χ3n) is 4.21. The zero-order valence-electron chi connectivity index (χ0n) is 13.6. The van der Waals surface area contributed by atoms with Crippen LogP contribution in [0.1, 0.15) is 51.0 Å². The first-order valence-corrected chi connectivity index (χ1v) is 7.91. The number of nitrogens with one attached hydrogen (secondary N) is 1. The summed E-state index contributed by atoms with van der Waals surface area (Å²) < 4.78 is 18.8. The van der Waals surface area contributed by atoms with Gasteiger partial charge in [-0.3, -0.25) is 4.79 Å². The Hall–Kier alpha value is -2.69. The van der Waals surface area contributed by atoms with E-state index in [9.17, 15) is 14.0 Å². The largest absolute Gasteiger partial charge is 0.461 e. The Morgan fingerprint density at radius 3 is 2.79 bits per heavy atom. The monoisotopic (exact) mass is 327 g/mol. The molecule has 5 heteroatoms. The van der Waals surface area contributed by atoms with E-state index in [-0.39, 0.29) is 18.2 Å². The molecule has 0 saturated carbocycles. The molecule has 124 valence electrons. The van der Waals surface area contributed by atoms with Crippen molar-refractivity contribution in [2.24, 2.45) is 0 Å². The van der Waals surface area contributed by atoms with Crippen LogP contribution in [0.2, 0.25) is 0 Å². The highest BCUT2D eigenvalue weighted by atomic mass is 19.1. The van der Waals surface area contributed by atoms with Gasteiger partial charge in [-0.05, 0) is 44.4 Å². The molecule has 0 radical (unpaired) electrons. The van der Waals surface area contributed by atoms with Crippen LogP contribution in [0.4, 0.5) is 4.39 Å². The van der Waals surface area contributed by atoms with Crippen molar-refractivity contribution in [1.82, 2.24) is 4.98 Å². The van der Waals surface area contributed by atoms with Crippen molar-refractivity contribution in [3.05, 3.63) is 63.7 Å². The van der Waals surface area contributed by atoms with Crippen LogP contribution in [-0.4, -0.2) is 23.3 Å². The topological polar surface area (TPSA) is 59.2 Å². The third kappa shape index (κ3) is 2.77. The van der Waals surface area contributed by atoms with Gasteiger partial charge in [0, 0.05) is 22.4 Å². The number of benzene rings is 1. The summed E-state index contributed by atoms with van der Waals surface area (Å²) in [5, 5.41) is 0. The summed E-state index contributed by atoms with van der Waals surface area (Å²) in [5.74, 6) is -0.984. The standard InChI is InChI=1S/C19H18FNO3/c1-3-24-19(23)17-11(2)16-15(21-17)9-8-13(18(16)22)10-12-6-4-5-7-14(12)20/h4-7,10,21H,3,8-9H2,1-2H3/b13-10-. The van der Waals surface area contributed by atoms with E-state index in [4.69, 9.17) is 4.74 Å². The van der Waals surface area contributed by atoms with E-state index in [1.165, 1.54) is 6.07 Å². The van der Waals surface area contributed by atoms with Crippen molar-refractivity contribution in [2.75, 3.05) is 6.61 Å². The fraction of sp³-hybridized carbons (Fsp3) is 0.263. The summed E-state index contributed by atoms with van der Waals surface area (Å²) in [7, 11) is 0. The lowest BCUT2D eigenvalue weighted by atomic mass is 9.88. The zero-order chi connectivity index (χ0) is 17.3. The molecular formula is C19H18FNO3. The van der Waals surface area contributed by atoms with Gasteiger partial charge in [0.15, 0.2) is 5.78 Å². The Labute approximate surface area is 139 Å². The maximum absolute atomic E-state index is 13.8. The number of Topliss-reactive ketones (excluding diaryl/α,β-unsaturated/α-hetero) is 1. The lowest BCUT2D eigenvalue weighted by Gasteiger charge is -2.14. The smallest absolute Gasteiger partial charge is 0.355 e. The average Bonchev–Trinajstić information content (AvgIpc) is 2.90. The van der Waals surface area contributed by atoms with E-state index >= 15 is 0 Å². The van der Waals surface area contributed by atoms with E-state index in [0.717, 1.165) is 5.69 Å². The number of ketones is 1. The molecule has 0 atom stereocenters. The van der Waals surface area contributed by atoms with E-state index in [2.05, 4.69) is 4.98 Å². The first-order valence-electron chi connectivity index (χ1n) is 7.91. The Morgan fingerprint density at radius 1 is 1.33 bits per heavy atom. The van der Waals surface area contributed by atoms with E-state index < -0.39 is 5.97 Å². The number of rotatable bonds is 3. The number of hydrogen-bond donors (Lipinski definition) is 1. The van der Waals surface area contributed by atoms with Crippen LogP contribution < -0.4 is 0 Å². The van der Waals surface area contributed by atoms with Gasteiger partial charge in [0.2, 0.25) is 0 Å². The van der Waals surface area contributed by atoms with Gasteiger partial charge in [-0.15, -0.1) is 0 Å². The van der Waals surface area contributed by atoms with Gasteiger partial charge in [-0.25, -0.2) is 9.18 Å². The average molecular weight is 327 g/mol. The Balaban J connectivity index is 1.99. The second-order valence-corrected chi connectivity index (χ2v) is 5.72. The molecule has 4 nitrogen and oxygen atoms in total. The minimum Gasteiger partial charge on any atom is -0.461 e. The summed E-state index contributed by atoms with van der Waals surface area (Å²) in [6, 6.07) is 6.35. The Morgan fingerprint density at radius 2 is 2.08 bits per heavy atom.